The van der Waals surface area contributed by atoms with E-state index in [2.05, 4.69) is 11.9 Å². The second-order valence-electron chi connectivity index (χ2n) is 2.68. The maximum Gasteiger partial charge on any atom is 0.0527 e. The highest BCUT2D eigenvalue weighted by atomic mass is 16.3. The normalized spacial score (nSPS) is 39.4. The zero-order chi connectivity index (χ0) is 6.15. The molecule has 0 spiro atoms. The van der Waals surface area contributed by atoms with Crippen LogP contribution >= 0.6 is 0 Å². The Morgan fingerprint density at radius 3 is 2.50 bits per heavy atom. The molecule has 3 unspecified atom stereocenters. The fourth-order valence-corrected chi connectivity index (χ4v) is 0.934. The van der Waals surface area contributed by atoms with Crippen LogP contribution in [0.1, 0.15) is 13.3 Å². The molecular formula is C6H13NO. The van der Waals surface area contributed by atoms with Crippen LogP contribution in [0.25, 0.3) is 0 Å². The van der Waals surface area contributed by atoms with Crippen molar-refractivity contribution in [2.75, 3.05) is 13.6 Å². The first-order valence-corrected chi connectivity index (χ1v) is 3.08. The Morgan fingerprint density at radius 2 is 2.38 bits per heavy atom. The highest BCUT2D eigenvalue weighted by molar-refractivity contribution is 4.86. The molecule has 0 saturated carbocycles. The number of aliphatic hydroxyl groups is 1. The Kier molecular flexibility index (Phi) is 1.54. The van der Waals surface area contributed by atoms with Gasteiger partial charge in [-0.2, -0.15) is 0 Å². The van der Waals surface area contributed by atoms with Crippen LogP contribution in [0.5, 0.6) is 0 Å². The third kappa shape index (κ3) is 1.46. The van der Waals surface area contributed by atoms with Crippen LogP contribution in [-0.4, -0.2) is 35.7 Å². The molecule has 1 aliphatic heterocycles. The molecule has 0 aromatic heterocycles. The topological polar surface area (TPSA) is 23.2 Å². The summed E-state index contributed by atoms with van der Waals surface area (Å²) in [6.45, 7) is 3.01. The molecule has 8 heavy (non-hydrogen) atoms. The molecule has 0 aromatic carbocycles. The van der Waals surface area contributed by atoms with Gasteiger partial charge in [0.15, 0.2) is 0 Å². The summed E-state index contributed by atoms with van der Waals surface area (Å²) in [6, 6.07) is 0.676. The SMILES string of the molecule is CC(O)CC1CN1C. The largest absolute Gasteiger partial charge is 0.393 e. The van der Waals surface area contributed by atoms with Crippen molar-refractivity contribution in [3.63, 3.8) is 0 Å². The second kappa shape index (κ2) is 2.03. The zero-order valence-electron chi connectivity index (χ0n) is 5.46. The van der Waals surface area contributed by atoms with Gasteiger partial charge in [0.2, 0.25) is 0 Å². The quantitative estimate of drug-likeness (QED) is 0.515. The molecule has 1 N–H and O–H groups in total. The standard InChI is InChI=1S/C6H13NO/c1-5(8)3-6-4-7(6)2/h5-6,8H,3-4H2,1-2H3. The molecule has 1 aliphatic rings. The van der Waals surface area contributed by atoms with Crippen LogP contribution in [0.2, 0.25) is 0 Å². The highest BCUT2D eigenvalue weighted by Gasteiger charge is 2.29. The summed E-state index contributed by atoms with van der Waals surface area (Å²) >= 11 is 0. The Bertz CT molecular complexity index is 82.6. The molecule has 0 radical (unpaired) electrons. The third-order valence-electron chi connectivity index (χ3n) is 1.60. The molecule has 1 fully saturated rings. The van der Waals surface area contributed by atoms with Crippen molar-refractivity contribution in [2.24, 2.45) is 0 Å². The van der Waals surface area contributed by atoms with Gasteiger partial charge in [-0.3, -0.25) is 0 Å². The maximum atomic E-state index is 8.85. The highest BCUT2D eigenvalue weighted by Crippen LogP contribution is 2.18. The molecule has 0 bridgehead atoms. The monoisotopic (exact) mass is 115 g/mol. The van der Waals surface area contributed by atoms with Gasteiger partial charge in [0.05, 0.1) is 6.10 Å². The second-order valence-corrected chi connectivity index (χ2v) is 2.68. The first-order chi connectivity index (χ1) is 3.70. The van der Waals surface area contributed by atoms with Crippen molar-refractivity contribution in [3.8, 4) is 0 Å². The minimum absolute atomic E-state index is 0.120. The van der Waals surface area contributed by atoms with Crippen LogP contribution in [0.15, 0.2) is 0 Å². The van der Waals surface area contributed by atoms with Gasteiger partial charge in [0, 0.05) is 12.6 Å². The fraction of sp³-hybridized carbons (Fsp3) is 1.00. The molecule has 0 amide bonds. The molecule has 1 rings (SSSR count). The van der Waals surface area contributed by atoms with Crippen LogP contribution in [-0.2, 0) is 0 Å². The Morgan fingerprint density at radius 1 is 1.88 bits per heavy atom. The van der Waals surface area contributed by atoms with Crippen LogP contribution in [0.3, 0.4) is 0 Å². The van der Waals surface area contributed by atoms with E-state index in [-0.39, 0.29) is 6.10 Å². The van der Waals surface area contributed by atoms with E-state index in [1.54, 1.807) is 0 Å². The average molecular weight is 115 g/mol. The molecule has 2 heteroatoms. The van der Waals surface area contributed by atoms with Gasteiger partial charge in [0.25, 0.3) is 0 Å². The van der Waals surface area contributed by atoms with Crippen molar-refractivity contribution in [1.29, 1.82) is 0 Å². The average Bonchev–Trinajstić information content (AvgIpc) is 2.17. The number of aliphatic hydroxyl groups excluding tert-OH is 1. The summed E-state index contributed by atoms with van der Waals surface area (Å²) in [6.07, 6.45) is 0.821. The van der Waals surface area contributed by atoms with Gasteiger partial charge < -0.3 is 10.0 Å². The lowest BCUT2D eigenvalue weighted by Crippen LogP contribution is -2.06. The zero-order valence-corrected chi connectivity index (χ0v) is 5.46. The van der Waals surface area contributed by atoms with Crippen molar-refractivity contribution >= 4 is 0 Å². The molecule has 2 nitrogen and oxygen atoms in total. The number of rotatable bonds is 2. The molecular weight excluding hydrogens is 102 g/mol. The first kappa shape index (κ1) is 6.05. The van der Waals surface area contributed by atoms with Crippen molar-refractivity contribution < 1.29 is 5.11 Å². The number of hydrogen-bond donors (Lipinski definition) is 1. The minimum atomic E-state index is -0.120. The fourth-order valence-electron chi connectivity index (χ4n) is 0.934. The van der Waals surface area contributed by atoms with E-state index in [9.17, 15) is 0 Å². The summed E-state index contributed by atoms with van der Waals surface area (Å²) in [5, 5.41) is 8.85. The summed E-state index contributed by atoms with van der Waals surface area (Å²) < 4.78 is 0. The molecule has 1 heterocycles. The van der Waals surface area contributed by atoms with Crippen LogP contribution in [0.4, 0.5) is 0 Å². The van der Waals surface area contributed by atoms with Gasteiger partial charge in [-0.1, -0.05) is 0 Å². The Hall–Kier alpha value is -0.0800. The predicted molar refractivity (Wildman–Crippen MR) is 32.7 cm³/mol. The molecule has 3 atom stereocenters. The summed E-state index contributed by atoms with van der Waals surface area (Å²) in [5.41, 5.74) is 0. The molecule has 0 aliphatic carbocycles. The Balaban J connectivity index is 2.05. The van der Waals surface area contributed by atoms with Gasteiger partial charge >= 0.3 is 0 Å². The van der Waals surface area contributed by atoms with E-state index in [1.807, 2.05) is 6.92 Å². The predicted octanol–water partition coefficient (Wildman–Crippen LogP) is 0.0713. The molecule has 48 valence electrons. The van der Waals surface area contributed by atoms with Gasteiger partial charge in [0.1, 0.15) is 0 Å². The van der Waals surface area contributed by atoms with E-state index in [0.717, 1.165) is 6.42 Å². The lowest BCUT2D eigenvalue weighted by atomic mass is 10.2. The van der Waals surface area contributed by atoms with Crippen molar-refractivity contribution in [1.82, 2.24) is 4.90 Å². The van der Waals surface area contributed by atoms with Crippen molar-refractivity contribution in [2.45, 2.75) is 25.5 Å². The van der Waals surface area contributed by atoms with Crippen molar-refractivity contribution in [3.05, 3.63) is 0 Å². The van der Waals surface area contributed by atoms with E-state index < -0.39 is 0 Å². The van der Waals surface area contributed by atoms with E-state index in [4.69, 9.17) is 5.11 Å². The van der Waals surface area contributed by atoms with Gasteiger partial charge in [-0.15, -0.1) is 0 Å². The lowest BCUT2D eigenvalue weighted by molar-refractivity contribution is 0.180. The summed E-state index contributed by atoms with van der Waals surface area (Å²) in [4.78, 5) is 2.23. The minimum Gasteiger partial charge on any atom is -0.393 e. The van der Waals surface area contributed by atoms with E-state index in [1.165, 1.54) is 6.54 Å². The molecule has 0 aromatic rings. The lowest BCUT2D eigenvalue weighted by Gasteiger charge is -1.99. The van der Waals surface area contributed by atoms with E-state index in [0.29, 0.717) is 6.04 Å². The van der Waals surface area contributed by atoms with Crippen LogP contribution < -0.4 is 0 Å². The Labute approximate surface area is 50.1 Å². The number of nitrogens with zero attached hydrogens (tertiary/aromatic N) is 1. The molecule has 1 saturated heterocycles. The summed E-state index contributed by atoms with van der Waals surface area (Å²) in [5.74, 6) is 0. The van der Waals surface area contributed by atoms with Crippen LogP contribution in [0, 0.1) is 0 Å². The maximum absolute atomic E-state index is 8.85. The third-order valence-corrected chi connectivity index (χ3v) is 1.60. The summed E-state index contributed by atoms with van der Waals surface area (Å²) in [7, 11) is 2.08. The van der Waals surface area contributed by atoms with Gasteiger partial charge in [-0.25, -0.2) is 0 Å². The van der Waals surface area contributed by atoms with E-state index >= 15 is 0 Å². The number of hydrogen-bond acceptors (Lipinski definition) is 2. The number of likely N-dealkylation sites (N-methyl/N-ethyl adjacent to an activating group) is 1. The van der Waals surface area contributed by atoms with Gasteiger partial charge in [-0.05, 0) is 20.4 Å². The first-order valence-electron chi connectivity index (χ1n) is 3.08. The smallest absolute Gasteiger partial charge is 0.0527 e.